The zero-order chi connectivity index (χ0) is 6.41. The SMILES string of the molecule is CCOCC(O)[CH]O. The van der Waals surface area contributed by atoms with E-state index in [1.54, 1.807) is 0 Å². The minimum Gasteiger partial charge on any atom is -0.388 e. The van der Waals surface area contributed by atoms with Gasteiger partial charge in [0.1, 0.15) is 12.7 Å². The highest BCUT2D eigenvalue weighted by Crippen LogP contribution is 1.85. The molecule has 1 atom stereocenters. The molecule has 0 aromatic heterocycles. The fourth-order valence-corrected chi connectivity index (χ4v) is 0.282. The molecule has 0 fully saturated rings. The highest BCUT2D eigenvalue weighted by molar-refractivity contribution is 4.60. The van der Waals surface area contributed by atoms with Crippen LogP contribution in [0.2, 0.25) is 0 Å². The second-order valence-electron chi connectivity index (χ2n) is 1.38. The number of aliphatic hydroxyl groups excluding tert-OH is 2. The third-order valence-electron chi connectivity index (χ3n) is 0.665. The molecular formula is C5H11O3. The third kappa shape index (κ3) is 4.05. The van der Waals surface area contributed by atoms with Gasteiger partial charge in [-0.3, -0.25) is 0 Å². The van der Waals surface area contributed by atoms with E-state index in [9.17, 15) is 0 Å². The highest BCUT2D eigenvalue weighted by atomic mass is 16.5. The fraction of sp³-hybridized carbons (Fsp3) is 0.800. The van der Waals surface area contributed by atoms with Crippen molar-refractivity contribution in [2.45, 2.75) is 13.0 Å². The maximum atomic E-state index is 8.56. The summed E-state index contributed by atoms with van der Waals surface area (Å²) in [6.45, 7) is 3.26. The van der Waals surface area contributed by atoms with Gasteiger partial charge in [-0.05, 0) is 6.92 Å². The van der Waals surface area contributed by atoms with Crippen LogP contribution in [0, 0.1) is 6.61 Å². The molecule has 0 bridgehead atoms. The molecule has 0 heterocycles. The lowest BCUT2D eigenvalue weighted by atomic mass is 10.4. The minimum absolute atomic E-state index is 0.174. The molecule has 1 unspecified atom stereocenters. The van der Waals surface area contributed by atoms with Crippen molar-refractivity contribution in [2.24, 2.45) is 0 Å². The first-order chi connectivity index (χ1) is 3.81. The van der Waals surface area contributed by atoms with E-state index in [0.717, 1.165) is 0 Å². The monoisotopic (exact) mass is 119 g/mol. The normalized spacial score (nSPS) is 13.9. The molecular weight excluding hydrogens is 108 g/mol. The quantitative estimate of drug-likeness (QED) is 0.544. The van der Waals surface area contributed by atoms with Gasteiger partial charge in [-0.2, -0.15) is 0 Å². The van der Waals surface area contributed by atoms with Gasteiger partial charge in [-0.1, -0.05) is 0 Å². The van der Waals surface area contributed by atoms with E-state index in [-0.39, 0.29) is 6.61 Å². The van der Waals surface area contributed by atoms with E-state index < -0.39 is 6.10 Å². The lowest BCUT2D eigenvalue weighted by Crippen LogP contribution is -2.14. The molecule has 0 spiro atoms. The summed E-state index contributed by atoms with van der Waals surface area (Å²) in [6.07, 6.45) is -0.838. The smallest absolute Gasteiger partial charge is 0.111 e. The van der Waals surface area contributed by atoms with Crippen molar-refractivity contribution in [3.05, 3.63) is 6.61 Å². The molecule has 0 aromatic rings. The van der Waals surface area contributed by atoms with Gasteiger partial charge in [0.25, 0.3) is 0 Å². The Bertz CT molecular complexity index is 46.9. The van der Waals surface area contributed by atoms with Crippen molar-refractivity contribution in [3.8, 4) is 0 Å². The van der Waals surface area contributed by atoms with Gasteiger partial charge in [0, 0.05) is 6.61 Å². The summed E-state index contributed by atoms with van der Waals surface area (Å²) < 4.78 is 4.74. The molecule has 0 saturated heterocycles. The van der Waals surface area contributed by atoms with Crippen LogP contribution in [0.25, 0.3) is 0 Å². The molecule has 3 heteroatoms. The summed E-state index contributed by atoms with van der Waals surface area (Å²) >= 11 is 0. The number of ether oxygens (including phenoxy) is 1. The van der Waals surface area contributed by atoms with Crippen LogP contribution in [0.5, 0.6) is 0 Å². The molecule has 8 heavy (non-hydrogen) atoms. The summed E-state index contributed by atoms with van der Waals surface area (Å²) in [5, 5.41) is 16.7. The molecule has 49 valence electrons. The summed E-state index contributed by atoms with van der Waals surface area (Å²) in [7, 11) is 0. The van der Waals surface area contributed by atoms with Gasteiger partial charge in [0.2, 0.25) is 0 Å². The van der Waals surface area contributed by atoms with Crippen LogP contribution in [-0.2, 0) is 4.74 Å². The molecule has 0 amide bonds. The standard InChI is InChI=1S/C5H11O3/c1-2-8-4-5(7)3-6/h3,5-7H,2,4H2,1H3. The Morgan fingerprint density at radius 1 is 1.75 bits per heavy atom. The topological polar surface area (TPSA) is 49.7 Å². The van der Waals surface area contributed by atoms with Crippen molar-refractivity contribution in [1.82, 2.24) is 0 Å². The summed E-state index contributed by atoms with van der Waals surface area (Å²) in [5.74, 6) is 0. The van der Waals surface area contributed by atoms with Crippen LogP contribution in [-0.4, -0.2) is 29.5 Å². The molecule has 0 saturated carbocycles. The van der Waals surface area contributed by atoms with E-state index >= 15 is 0 Å². The van der Waals surface area contributed by atoms with Crippen LogP contribution in [0.3, 0.4) is 0 Å². The van der Waals surface area contributed by atoms with Crippen LogP contribution in [0.15, 0.2) is 0 Å². The van der Waals surface area contributed by atoms with Crippen molar-refractivity contribution in [3.63, 3.8) is 0 Å². The first-order valence-electron chi connectivity index (χ1n) is 2.54. The highest BCUT2D eigenvalue weighted by Gasteiger charge is 1.99. The number of aliphatic hydroxyl groups is 2. The van der Waals surface area contributed by atoms with E-state index in [4.69, 9.17) is 14.9 Å². The Morgan fingerprint density at radius 3 is 2.75 bits per heavy atom. The number of hydrogen-bond acceptors (Lipinski definition) is 3. The molecule has 0 aliphatic heterocycles. The largest absolute Gasteiger partial charge is 0.388 e. The maximum absolute atomic E-state index is 8.56. The Labute approximate surface area is 48.9 Å². The predicted molar refractivity (Wildman–Crippen MR) is 28.7 cm³/mol. The predicted octanol–water partition coefficient (Wildman–Crippen LogP) is -0.0819. The fourth-order valence-electron chi connectivity index (χ4n) is 0.282. The Hall–Kier alpha value is -0.120. The van der Waals surface area contributed by atoms with Crippen molar-refractivity contribution < 1.29 is 14.9 Å². The van der Waals surface area contributed by atoms with Crippen molar-refractivity contribution in [1.29, 1.82) is 0 Å². The Kier molecular flexibility index (Phi) is 4.95. The maximum Gasteiger partial charge on any atom is 0.111 e. The van der Waals surface area contributed by atoms with Crippen molar-refractivity contribution in [2.75, 3.05) is 13.2 Å². The van der Waals surface area contributed by atoms with Crippen LogP contribution >= 0.6 is 0 Å². The number of rotatable bonds is 4. The zero-order valence-electron chi connectivity index (χ0n) is 4.87. The van der Waals surface area contributed by atoms with E-state index in [2.05, 4.69) is 0 Å². The van der Waals surface area contributed by atoms with Crippen molar-refractivity contribution >= 4 is 0 Å². The van der Waals surface area contributed by atoms with Gasteiger partial charge in [0.05, 0.1) is 6.61 Å². The van der Waals surface area contributed by atoms with E-state index in [1.165, 1.54) is 0 Å². The second kappa shape index (κ2) is 5.03. The summed E-state index contributed by atoms with van der Waals surface area (Å²) in [5.41, 5.74) is 0. The molecule has 0 aromatic carbocycles. The molecule has 0 rings (SSSR count). The van der Waals surface area contributed by atoms with Crippen LogP contribution < -0.4 is 0 Å². The third-order valence-corrected chi connectivity index (χ3v) is 0.665. The summed E-state index contributed by atoms with van der Waals surface area (Å²) in [4.78, 5) is 0. The lowest BCUT2D eigenvalue weighted by molar-refractivity contribution is 0.0360. The first kappa shape index (κ1) is 7.88. The minimum atomic E-state index is -0.838. The molecule has 1 radical (unpaired) electrons. The van der Waals surface area contributed by atoms with E-state index in [1.807, 2.05) is 6.92 Å². The second-order valence-corrected chi connectivity index (χ2v) is 1.38. The van der Waals surface area contributed by atoms with E-state index in [0.29, 0.717) is 13.2 Å². The lowest BCUT2D eigenvalue weighted by Gasteiger charge is -2.03. The average molecular weight is 119 g/mol. The van der Waals surface area contributed by atoms with Gasteiger partial charge in [0.15, 0.2) is 0 Å². The first-order valence-corrected chi connectivity index (χ1v) is 2.54. The molecule has 0 aliphatic carbocycles. The average Bonchev–Trinajstić information content (AvgIpc) is 1.83. The van der Waals surface area contributed by atoms with Gasteiger partial charge < -0.3 is 14.9 Å². The summed E-state index contributed by atoms with van der Waals surface area (Å²) in [6, 6.07) is 0. The molecule has 0 aliphatic rings. The molecule has 2 N–H and O–H groups in total. The van der Waals surface area contributed by atoms with Crippen LogP contribution in [0.1, 0.15) is 6.92 Å². The molecule has 3 nitrogen and oxygen atoms in total. The van der Waals surface area contributed by atoms with Crippen LogP contribution in [0.4, 0.5) is 0 Å². The van der Waals surface area contributed by atoms with Gasteiger partial charge >= 0.3 is 0 Å². The zero-order valence-corrected chi connectivity index (χ0v) is 4.87. The Balaban J connectivity index is 2.86. The Morgan fingerprint density at radius 2 is 2.38 bits per heavy atom. The van der Waals surface area contributed by atoms with Gasteiger partial charge in [-0.15, -0.1) is 0 Å². The number of hydrogen-bond donors (Lipinski definition) is 2. The van der Waals surface area contributed by atoms with Gasteiger partial charge in [-0.25, -0.2) is 0 Å².